The van der Waals surface area contributed by atoms with Gasteiger partial charge in [-0.15, -0.1) is 0 Å². The van der Waals surface area contributed by atoms with Crippen LogP contribution in [0.25, 0.3) is 0 Å². The molecule has 1 aliphatic heterocycles. The van der Waals surface area contributed by atoms with E-state index >= 15 is 0 Å². The molecule has 1 amide bonds. The Hall–Kier alpha value is -2.44. The molecule has 1 saturated heterocycles. The Morgan fingerprint density at radius 1 is 1.31 bits per heavy atom. The van der Waals surface area contributed by atoms with E-state index in [1.165, 1.54) is 0 Å². The van der Waals surface area contributed by atoms with E-state index in [4.69, 9.17) is 15.2 Å². The third kappa shape index (κ3) is 4.20. The first-order chi connectivity index (χ1) is 12.5. The van der Waals surface area contributed by atoms with Crippen LogP contribution in [0.4, 0.5) is 0 Å². The van der Waals surface area contributed by atoms with Crippen molar-refractivity contribution in [2.75, 3.05) is 13.2 Å². The molecule has 1 aromatic heterocycles. The van der Waals surface area contributed by atoms with Gasteiger partial charge in [-0.1, -0.05) is 12.1 Å². The molecule has 0 radical (unpaired) electrons. The first-order valence-corrected chi connectivity index (χ1v) is 8.82. The van der Waals surface area contributed by atoms with E-state index in [-0.39, 0.29) is 5.91 Å². The molecular weight excluding hydrogens is 330 g/mol. The van der Waals surface area contributed by atoms with Gasteiger partial charge in [0.05, 0.1) is 5.54 Å². The molecule has 3 rings (SSSR count). The Kier molecular flexibility index (Phi) is 5.54. The number of hydrogen-bond acceptors (Lipinski definition) is 5. The summed E-state index contributed by atoms with van der Waals surface area (Å²) in [5.74, 6) is 1.13. The quantitative estimate of drug-likeness (QED) is 0.861. The topological polar surface area (TPSA) is 86.5 Å². The number of nitrogens with one attached hydrogen (secondary N) is 1. The molecule has 0 bridgehead atoms. The highest BCUT2D eigenvalue weighted by molar-refractivity contribution is 5.86. The van der Waals surface area contributed by atoms with E-state index in [1.54, 1.807) is 6.20 Å². The van der Waals surface area contributed by atoms with Crippen LogP contribution in [0.3, 0.4) is 0 Å². The van der Waals surface area contributed by atoms with Gasteiger partial charge in [-0.25, -0.2) is 4.98 Å². The molecule has 6 heteroatoms. The smallest absolute Gasteiger partial charge is 0.240 e. The maximum absolute atomic E-state index is 12.4. The highest BCUT2D eigenvalue weighted by Gasteiger charge is 2.35. The molecule has 0 atom stereocenters. The first kappa shape index (κ1) is 18.4. The molecule has 1 aliphatic rings. The lowest BCUT2D eigenvalue weighted by atomic mass is 9.90. The molecule has 6 nitrogen and oxygen atoms in total. The summed E-state index contributed by atoms with van der Waals surface area (Å²) in [6.45, 7) is 5.48. The molecule has 0 aliphatic carbocycles. The van der Waals surface area contributed by atoms with Gasteiger partial charge in [-0.2, -0.15) is 0 Å². The molecule has 1 aromatic carbocycles. The molecule has 0 unspecified atom stereocenters. The van der Waals surface area contributed by atoms with E-state index in [2.05, 4.69) is 10.3 Å². The average molecular weight is 355 g/mol. The van der Waals surface area contributed by atoms with Crippen LogP contribution < -0.4 is 15.8 Å². The monoisotopic (exact) mass is 355 g/mol. The van der Waals surface area contributed by atoms with Gasteiger partial charge < -0.3 is 20.5 Å². The number of benzene rings is 1. The highest BCUT2D eigenvalue weighted by atomic mass is 16.5. The Bertz CT molecular complexity index is 786. The van der Waals surface area contributed by atoms with Crippen molar-refractivity contribution in [1.29, 1.82) is 0 Å². The molecular formula is C20H25N3O3. The van der Waals surface area contributed by atoms with E-state index < -0.39 is 5.54 Å². The predicted octanol–water partition coefficient (Wildman–Crippen LogP) is 2.61. The number of pyridine rings is 1. The number of carbonyl (C=O) groups excluding carboxylic acids is 1. The second-order valence-corrected chi connectivity index (χ2v) is 6.75. The van der Waals surface area contributed by atoms with Crippen LogP contribution in [0.1, 0.15) is 29.5 Å². The van der Waals surface area contributed by atoms with Gasteiger partial charge in [0, 0.05) is 32.0 Å². The second-order valence-electron chi connectivity index (χ2n) is 6.75. The number of hydrogen-bond donors (Lipinski definition) is 2. The van der Waals surface area contributed by atoms with Crippen molar-refractivity contribution in [3.8, 4) is 11.6 Å². The number of aromatic nitrogens is 1. The Morgan fingerprint density at radius 3 is 2.85 bits per heavy atom. The van der Waals surface area contributed by atoms with Crippen molar-refractivity contribution in [2.24, 2.45) is 5.73 Å². The predicted molar refractivity (Wildman–Crippen MR) is 99.0 cm³/mol. The van der Waals surface area contributed by atoms with Crippen molar-refractivity contribution in [3.63, 3.8) is 0 Å². The van der Waals surface area contributed by atoms with Gasteiger partial charge in [0.1, 0.15) is 5.75 Å². The second kappa shape index (κ2) is 7.85. The number of ether oxygens (including phenoxy) is 2. The minimum absolute atomic E-state index is 0.144. The maximum Gasteiger partial charge on any atom is 0.240 e. The first-order valence-electron chi connectivity index (χ1n) is 8.82. The summed E-state index contributed by atoms with van der Waals surface area (Å²) < 4.78 is 11.2. The minimum atomic E-state index is -0.844. The zero-order valence-electron chi connectivity index (χ0n) is 15.2. The fourth-order valence-corrected chi connectivity index (χ4v) is 2.88. The van der Waals surface area contributed by atoms with Crippen LogP contribution in [-0.2, 0) is 16.1 Å². The van der Waals surface area contributed by atoms with Crippen LogP contribution in [-0.4, -0.2) is 29.6 Å². The van der Waals surface area contributed by atoms with Gasteiger partial charge in [0.2, 0.25) is 11.8 Å². The van der Waals surface area contributed by atoms with Crippen LogP contribution in [0.15, 0.2) is 36.5 Å². The maximum atomic E-state index is 12.4. The molecule has 2 heterocycles. The SMILES string of the molecule is Cc1cccc(Oc2cc(CNC(=O)C3(N)CCOCC3)ccn2)c1C. The summed E-state index contributed by atoms with van der Waals surface area (Å²) >= 11 is 0. The molecule has 2 aromatic rings. The largest absolute Gasteiger partial charge is 0.439 e. The standard InChI is InChI=1S/C20H25N3O3/c1-14-4-3-5-17(15(14)2)26-18-12-16(6-9-22-18)13-23-19(24)20(21)7-10-25-11-8-20/h3-6,9,12H,7-8,10-11,13,21H2,1-2H3,(H,23,24). The van der Waals surface area contributed by atoms with E-state index in [9.17, 15) is 4.79 Å². The van der Waals surface area contributed by atoms with E-state index in [0.717, 1.165) is 22.4 Å². The van der Waals surface area contributed by atoms with Crippen LogP contribution in [0.5, 0.6) is 11.6 Å². The number of amides is 1. The number of rotatable bonds is 5. The van der Waals surface area contributed by atoms with E-state index in [1.807, 2.05) is 44.2 Å². The molecule has 138 valence electrons. The number of nitrogens with two attached hydrogens (primary N) is 1. The summed E-state index contributed by atoms with van der Waals surface area (Å²) in [6, 6.07) is 9.59. The lowest BCUT2D eigenvalue weighted by Gasteiger charge is -2.31. The van der Waals surface area contributed by atoms with Gasteiger partial charge >= 0.3 is 0 Å². The number of carbonyl (C=O) groups is 1. The molecule has 26 heavy (non-hydrogen) atoms. The Labute approximate surface area is 153 Å². The van der Waals surface area contributed by atoms with Gasteiger partial charge in [0.25, 0.3) is 0 Å². The Morgan fingerprint density at radius 2 is 2.08 bits per heavy atom. The van der Waals surface area contributed by atoms with Crippen molar-refractivity contribution >= 4 is 5.91 Å². The van der Waals surface area contributed by atoms with Gasteiger partial charge in [-0.3, -0.25) is 4.79 Å². The zero-order valence-corrected chi connectivity index (χ0v) is 15.2. The number of aryl methyl sites for hydroxylation is 1. The molecule has 0 spiro atoms. The lowest BCUT2D eigenvalue weighted by molar-refractivity contribution is -0.129. The van der Waals surface area contributed by atoms with Crippen molar-refractivity contribution < 1.29 is 14.3 Å². The van der Waals surface area contributed by atoms with Crippen LogP contribution in [0, 0.1) is 13.8 Å². The fraction of sp³-hybridized carbons (Fsp3) is 0.400. The van der Waals surface area contributed by atoms with Gasteiger partial charge in [0.15, 0.2) is 0 Å². The fourth-order valence-electron chi connectivity index (χ4n) is 2.88. The third-order valence-corrected chi connectivity index (χ3v) is 4.86. The lowest BCUT2D eigenvalue weighted by Crippen LogP contribution is -2.56. The van der Waals surface area contributed by atoms with Crippen molar-refractivity contribution in [2.45, 2.75) is 38.8 Å². The zero-order chi connectivity index (χ0) is 18.6. The van der Waals surface area contributed by atoms with Gasteiger partial charge in [-0.05, 0) is 55.5 Å². The summed E-state index contributed by atoms with van der Waals surface area (Å²) in [5, 5.41) is 2.92. The molecule has 0 saturated carbocycles. The Balaban J connectivity index is 1.64. The summed E-state index contributed by atoms with van der Waals surface area (Å²) in [5.41, 5.74) is 8.51. The van der Waals surface area contributed by atoms with Crippen LogP contribution in [0.2, 0.25) is 0 Å². The summed E-state index contributed by atoms with van der Waals surface area (Å²) in [6.07, 6.45) is 2.75. The summed E-state index contributed by atoms with van der Waals surface area (Å²) in [7, 11) is 0. The van der Waals surface area contributed by atoms with Crippen molar-refractivity contribution in [3.05, 3.63) is 53.2 Å². The average Bonchev–Trinajstić information content (AvgIpc) is 2.64. The third-order valence-electron chi connectivity index (χ3n) is 4.86. The van der Waals surface area contributed by atoms with Crippen molar-refractivity contribution in [1.82, 2.24) is 10.3 Å². The van der Waals surface area contributed by atoms with Crippen LogP contribution >= 0.6 is 0 Å². The highest BCUT2D eigenvalue weighted by Crippen LogP contribution is 2.26. The minimum Gasteiger partial charge on any atom is -0.439 e. The molecule has 1 fully saturated rings. The number of nitrogens with zero attached hydrogens (tertiary/aromatic N) is 1. The normalized spacial score (nSPS) is 16.1. The summed E-state index contributed by atoms with van der Waals surface area (Å²) in [4.78, 5) is 16.7. The molecule has 3 N–H and O–H groups in total. The van der Waals surface area contributed by atoms with E-state index in [0.29, 0.717) is 38.5 Å².